The largest absolute Gasteiger partial charge is 0.314 e. The summed E-state index contributed by atoms with van der Waals surface area (Å²) in [4.78, 5) is 2.41. The Kier molecular flexibility index (Phi) is 6.76. The van der Waals surface area contributed by atoms with Gasteiger partial charge in [0.15, 0.2) is 0 Å². The molecule has 1 aliphatic rings. The molecule has 1 atom stereocenters. The Morgan fingerprint density at radius 3 is 2.63 bits per heavy atom. The summed E-state index contributed by atoms with van der Waals surface area (Å²) in [5, 5.41) is 3.35. The number of piperazine rings is 1. The maximum absolute atomic E-state index is 14.1. The molecule has 0 bridgehead atoms. The third kappa shape index (κ3) is 4.16. The number of halogens is 2. The van der Waals surface area contributed by atoms with Gasteiger partial charge in [-0.2, -0.15) is 0 Å². The molecule has 4 heteroatoms. The first-order valence-corrected chi connectivity index (χ1v) is 6.93. The van der Waals surface area contributed by atoms with Gasteiger partial charge in [-0.3, -0.25) is 4.90 Å². The number of aryl methyl sites for hydroxylation is 1. The second kappa shape index (κ2) is 7.83. The molecule has 2 nitrogen and oxygen atoms in total. The molecule has 2 rings (SSSR count). The Balaban J connectivity index is 0.00000180. The average Bonchev–Trinajstić information content (AvgIpc) is 2.40. The SMILES string of the molecule is CCC[C@H](c1cc(C)ccc1F)N1CCNCC1.Cl. The molecule has 0 spiro atoms. The molecule has 1 fully saturated rings. The van der Waals surface area contributed by atoms with Crippen molar-refractivity contribution in [2.45, 2.75) is 32.7 Å². The van der Waals surface area contributed by atoms with Crippen LogP contribution in [0.3, 0.4) is 0 Å². The van der Waals surface area contributed by atoms with E-state index in [9.17, 15) is 4.39 Å². The van der Waals surface area contributed by atoms with Gasteiger partial charge in [0.2, 0.25) is 0 Å². The fourth-order valence-corrected chi connectivity index (χ4v) is 2.72. The van der Waals surface area contributed by atoms with Crippen LogP contribution in [0.2, 0.25) is 0 Å². The zero-order valence-electron chi connectivity index (χ0n) is 11.8. The second-order valence-electron chi connectivity index (χ2n) is 5.12. The van der Waals surface area contributed by atoms with E-state index in [1.54, 1.807) is 6.07 Å². The Labute approximate surface area is 121 Å². The van der Waals surface area contributed by atoms with Gasteiger partial charge in [-0.15, -0.1) is 12.4 Å². The normalized spacial score (nSPS) is 17.8. The predicted octanol–water partition coefficient (Wildman–Crippen LogP) is 3.30. The first-order valence-electron chi connectivity index (χ1n) is 6.93. The topological polar surface area (TPSA) is 15.3 Å². The van der Waals surface area contributed by atoms with E-state index in [1.807, 2.05) is 19.1 Å². The summed E-state index contributed by atoms with van der Waals surface area (Å²) in [6.07, 6.45) is 2.11. The highest BCUT2D eigenvalue weighted by Crippen LogP contribution is 2.28. The minimum Gasteiger partial charge on any atom is -0.314 e. The van der Waals surface area contributed by atoms with Crippen LogP contribution >= 0.6 is 12.4 Å². The lowest BCUT2D eigenvalue weighted by molar-refractivity contribution is 0.161. The van der Waals surface area contributed by atoms with E-state index in [-0.39, 0.29) is 24.3 Å². The molecule has 0 unspecified atom stereocenters. The van der Waals surface area contributed by atoms with Crippen LogP contribution in [0.15, 0.2) is 18.2 Å². The van der Waals surface area contributed by atoms with E-state index >= 15 is 0 Å². The lowest BCUT2D eigenvalue weighted by Crippen LogP contribution is -2.45. The van der Waals surface area contributed by atoms with Crippen molar-refractivity contribution >= 4 is 12.4 Å². The van der Waals surface area contributed by atoms with Crippen LogP contribution in [-0.2, 0) is 0 Å². The Bertz CT molecular complexity index is 392. The summed E-state index contributed by atoms with van der Waals surface area (Å²) >= 11 is 0. The average molecular weight is 287 g/mol. The number of rotatable bonds is 4. The van der Waals surface area contributed by atoms with Crippen LogP contribution in [0.1, 0.15) is 36.9 Å². The Morgan fingerprint density at radius 1 is 1.32 bits per heavy atom. The molecular formula is C15H24ClFN2. The zero-order chi connectivity index (χ0) is 13.0. The van der Waals surface area contributed by atoms with Crippen LogP contribution in [0.4, 0.5) is 4.39 Å². The van der Waals surface area contributed by atoms with Crippen molar-refractivity contribution in [3.8, 4) is 0 Å². The van der Waals surface area contributed by atoms with Crippen LogP contribution in [0.5, 0.6) is 0 Å². The minimum atomic E-state index is -0.0578. The number of nitrogens with zero attached hydrogens (tertiary/aromatic N) is 1. The van der Waals surface area contributed by atoms with E-state index < -0.39 is 0 Å². The maximum Gasteiger partial charge on any atom is 0.128 e. The zero-order valence-corrected chi connectivity index (χ0v) is 12.6. The summed E-state index contributed by atoms with van der Waals surface area (Å²) in [6.45, 7) is 8.24. The van der Waals surface area contributed by atoms with Crippen LogP contribution in [-0.4, -0.2) is 31.1 Å². The quantitative estimate of drug-likeness (QED) is 0.914. The third-order valence-corrected chi connectivity index (χ3v) is 3.66. The number of nitrogens with one attached hydrogen (secondary N) is 1. The van der Waals surface area contributed by atoms with Gasteiger partial charge in [0, 0.05) is 37.8 Å². The highest BCUT2D eigenvalue weighted by molar-refractivity contribution is 5.85. The fraction of sp³-hybridized carbons (Fsp3) is 0.600. The third-order valence-electron chi connectivity index (χ3n) is 3.66. The van der Waals surface area contributed by atoms with Crippen molar-refractivity contribution in [1.29, 1.82) is 0 Å². The van der Waals surface area contributed by atoms with Crippen molar-refractivity contribution in [3.63, 3.8) is 0 Å². The lowest BCUT2D eigenvalue weighted by atomic mass is 9.97. The molecule has 108 valence electrons. The van der Waals surface area contributed by atoms with Crippen LogP contribution in [0.25, 0.3) is 0 Å². The molecule has 0 aliphatic carbocycles. The molecule has 0 radical (unpaired) electrons. The van der Waals surface area contributed by atoms with E-state index in [1.165, 1.54) is 0 Å². The number of hydrogen-bond donors (Lipinski definition) is 1. The van der Waals surface area contributed by atoms with Gasteiger partial charge < -0.3 is 5.32 Å². The van der Waals surface area contributed by atoms with Gasteiger partial charge in [0.05, 0.1) is 0 Å². The molecule has 1 aromatic rings. The molecule has 1 heterocycles. The fourth-order valence-electron chi connectivity index (χ4n) is 2.72. The molecular weight excluding hydrogens is 263 g/mol. The van der Waals surface area contributed by atoms with E-state index in [2.05, 4.69) is 17.1 Å². The van der Waals surface area contributed by atoms with Gasteiger partial charge in [0.25, 0.3) is 0 Å². The van der Waals surface area contributed by atoms with E-state index in [4.69, 9.17) is 0 Å². The molecule has 0 aromatic heterocycles. The Morgan fingerprint density at radius 2 is 2.00 bits per heavy atom. The molecule has 19 heavy (non-hydrogen) atoms. The van der Waals surface area contributed by atoms with Crippen molar-refractivity contribution in [3.05, 3.63) is 35.1 Å². The summed E-state index contributed by atoms with van der Waals surface area (Å²) < 4.78 is 14.1. The standard InChI is InChI=1S/C15H23FN2.ClH/c1-3-4-15(18-9-7-17-8-10-18)13-11-12(2)5-6-14(13)16;/h5-6,11,15,17H,3-4,7-10H2,1-2H3;1H/t15-;/m1./s1. The maximum atomic E-state index is 14.1. The van der Waals surface area contributed by atoms with Crippen molar-refractivity contribution in [1.82, 2.24) is 10.2 Å². The van der Waals surface area contributed by atoms with Gasteiger partial charge in [-0.1, -0.05) is 31.0 Å². The molecule has 0 amide bonds. The first kappa shape index (κ1) is 16.4. The number of hydrogen-bond acceptors (Lipinski definition) is 2. The summed E-state index contributed by atoms with van der Waals surface area (Å²) in [5.74, 6) is -0.0578. The minimum absolute atomic E-state index is 0. The van der Waals surface area contributed by atoms with Gasteiger partial charge >= 0.3 is 0 Å². The molecule has 1 aromatic carbocycles. The second-order valence-corrected chi connectivity index (χ2v) is 5.12. The summed E-state index contributed by atoms with van der Waals surface area (Å²) in [5.41, 5.74) is 2.02. The summed E-state index contributed by atoms with van der Waals surface area (Å²) in [6, 6.07) is 5.70. The monoisotopic (exact) mass is 286 g/mol. The first-order chi connectivity index (χ1) is 8.72. The molecule has 0 saturated carbocycles. The van der Waals surface area contributed by atoms with Gasteiger partial charge in [0.1, 0.15) is 5.82 Å². The van der Waals surface area contributed by atoms with Gasteiger partial charge in [-0.25, -0.2) is 4.39 Å². The smallest absolute Gasteiger partial charge is 0.128 e. The molecule has 1 N–H and O–H groups in total. The highest BCUT2D eigenvalue weighted by atomic mass is 35.5. The van der Waals surface area contributed by atoms with E-state index in [0.717, 1.165) is 50.1 Å². The van der Waals surface area contributed by atoms with E-state index in [0.29, 0.717) is 0 Å². The van der Waals surface area contributed by atoms with Gasteiger partial charge in [-0.05, 0) is 19.4 Å². The number of benzene rings is 1. The van der Waals surface area contributed by atoms with Crippen molar-refractivity contribution < 1.29 is 4.39 Å². The lowest BCUT2D eigenvalue weighted by Gasteiger charge is -2.35. The van der Waals surface area contributed by atoms with Crippen LogP contribution < -0.4 is 5.32 Å². The van der Waals surface area contributed by atoms with Crippen molar-refractivity contribution in [2.75, 3.05) is 26.2 Å². The molecule has 1 saturated heterocycles. The predicted molar refractivity (Wildman–Crippen MR) is 80.5 cm³/mol. The molecule has 1 aliphatic heterocycles. The van der Waals surface area contributed by atoms with Crippen LogP contribution in [0, 0.1) is 12.7 Å². The van der Waals surface area contributed by atoms with Crippen molar-refractivity contribution in [2.24, 2.45) is 0 Å². The Hall–Kier alpha value is -0.640. The summed E-state index contributed by atoms with van der Waals surface area (Å²) in [7, 11) is 0. The highest BCUT2D eigenvalue weighted by Gasteiger charge is 2.23.